The first-order valence-electron chi connectivity index (χ1n) is 10.2. The number of non-ortho nitro benzene ring substituents is 1. The molecule has 0 aliphatic heterocycles. The molecule has 0 spiro atoms. The van der Waals surface area contributed by atoms with Crippen LogP contribution in [0.1, 0.15) is 15.9 Å². The van der Waals surface area contributed by atoms with E-state index in [0.717, 1.165) is 6.07 Å². The Kier molecular flexibility index (Phi) is 8.22. The zero-order valence-corrected chi connectivity index (χ0v) is 19.7. The normalized spacial score (nSPS) is 10.7. The van der Waals surface area contributed by atoms with E-state index in [0.29, 0.717) is 11.3 Å². The van der Waals surface area contributed by atoms with Crippen LogP contribution in [0.2, 0.25) is 5.02 Å². The van der Waals surface area contributed by atoms with Gasteiger partial charge in [-0.05, 0) is 54.1 Å². The highest BCUT2D eigenvalue weighted by atomic mass is 35.5. The molecule has 182 valence electrons. The van der Waals surface area contributed by atoms with Crippen molar-refractivity contribution in [3.8, 4) is 23.3 Å². The van der Waals surface area contributed by atoms with E-state index in [2.05, 4.69) is 5.32 Å². The molecule has 0 bridgehead atoms. The predicted octanol–water partition coefficient (Wildman–Crippen LogP) is 5.03. The lowest BCUT2D eigenvalue weighted by molar-refractivity contribution is -0.384. The van der Waals surface area contributed by atoms with Crippen LogP contribution in [0.15, 0.2) is 66.2 Å². The van der Waals surface area contributed by atoms with E-state index in [4.69, 9.17) is 25.8 Å². The summed E-state index contributed by atoms with van der Waals surface area (Å²) in [5.74, 6) is -0.611. The van der Waals surface area contributed by atoms with Gasteiger partial charge in [-0.25, -0.2) is 4.79 Å². The van der Waals surface area contributed by atoms with Crippen LogP contribution in [-0.4, -0.2) is 31.0 Å². The molecule has 0 heterocycles. The highest BCUT2D eigenvalue weighted by Crippen LogP contribution is 2.31. The highest BCUT2D eigenvalue weighted by molar-refractivity contribution is 6.34. The number of hydrogen-bond donors (Lipinski definition) is 1. The Morgan fingerprint density at radius 2 is 1.75 bits per heavy atom. The van der Waals surface area contributed by atoms with Crippen molar-refractivity contribution in [1.29, 1.82) is 5.26 Å². The summed E-state index contributed by atoms with van der Waals surface area (Å²) in [7, 11) is 2.90. The molecule has 3 aromatic rings. The second-order valence-corrected chi connectivity index (χ2v) is 7.48. The van der Waals surface area contributed by atoms with Crippen LogP contribution in [0.5, 0.6) is 17.2 Å². The third-order valence-electron chi connectivity index (χ3n) is 4.80. The van der Waals surface area contributed by atoms with Gasteiger partial charge in [-0.15, -0.1) is 0 Å². The van der Waals surface area contributed by atoms with Gasteiger partial charge in [0.1, 0.15) is 17.4 Å². The van der Waals surface area contributed by atoms with Gasteiger partial charge in [-0.2, -0.15) is 5.26 Å². The molecule has 0 atom stereocenters. The van der Waals surface area contributed by atoms with Crippen LogP contribution in [-0.2, 0) is 4.79 Å². The van der Waals surface area contributed by atoms with Crippen LogP contribution in [0.25, 0.3) is 6.08 Å². The molecule has 0 aliphatic carbocycles. The van der Waals surface area contributed by atoms with E-state index in [1.165, 1.54) is 56.7 Å². The number of amides is 1. The smallest absolute Gasteiger partial charge is 0.343 e. The fourth-order valence-electron chi connectivity index (χ4n) is 2.98. The molecular weight excluding hydrogens is 490 g/mol. The minimum Gasteiger partial charge on any atom is -0.497 e. The lowest BCUT2D eigenvalue weighted by atomic mass is 10.1. The molecule has 3 rings (SSSR count). The number of carbonyl (C=O) groups is 2. The lowest BCUT2D eigenvalue weighted by Gasteiger charge is -2.11. The number of hydrogen-bond acceptors (Lipinski definition) is 8. The fourth-order valence-corrected chi connectivity index (χ4v) is 3.14. The van der Waals surface area contributed by atoms with Gasteiger partial charge in [0.05, 0.1) is 35.4 Å². The Morgan fingerprint density at radius 1 is 1.03 bits per heavy atom. The Morgan fingerprint density at radius 3 is 2.36 bits per heavy atom. The maximum atomic E-state index is 12.7. The third-order valence-corrected chi connectivity index (χ3v) is 5.13. The molecule has 0 saturated carbocycles. The molecule has 1 N–H and O–H groups in total. The molecule has 10 nitrogen and oxygen atoms in total. The molecule has 0 fully saturated rings. The number of ether oxygens (including phenoxy) is 3. The van der Waals surface area contributed by atoms with E-state index in [1.54, 1.807) is 24.3 Å². The lowest BCUT2D eigenvalue weighted by Crippen LogP contribution is -2.14. The third kappa shape index (κ3) is 6.16. The number of rotatable bonds is 8. The molecule has 0 aromatic heterocycles. The van der Waals surface area contributed by atoms with Crippen molar-refractivity contribution in [2.75, 3.05) is 19.5 Å². The number of carbonyl (C=O) groups excluding carboxylic acids is 2. The molecule has 3 aromatic carbocycles. The number of nitro groups is 1. The SMILES string of the molecule is COc1ccc(C(=O)Oc2cc(/C=C(\C#N)C(=O)Nc3cc([N+](=O)[O-])ccc3Cl)ccc2OC)cc1. The van der Waals surface area contributed by atoms with E-state index >= 15 is 0 Å². The molecule has 0 aliphatic rings. The molecular formula is C25H18ClN3O7. The summed E-state index contributed by atoms with van der Waals surface area (Å²) in [6.07, 6.45) is 1.25. The average Bonchev–Trinajstić information content (AvgIpc) is 2.88. The second-order valence-electron chi connectivity index (χ2n) is 7.07. The summed E-state index contributed by atoms with van der Waals surface area (Å²) >= 11 is 6.01. The minimum atomic E-state index is -0.840. The van der Waals surface area contributed by atoms with Gasteiger partial charge >= 0.3 is 5.97 Å². The van der Waals surface area contributed by atoms with Gasteiger partial charge in [0.15, 0.2) is 11.5 Å². The van der Waals surface area contributed by atoms with Crippen LogP contribution in [0.4, 0.5) is 11.4 Å². The summed E-state index contributed by atoms with van der Waals surface area (Å²) in [5.41, 5.74) is -0.0124. The Hall–Kier alpha value is -4.88. The van der Waals surface area contributed by atoms with E-state index in [1.807, 2.05) is 0 Å². The van der Waals surface area contributed by atoms with Gasteiger partial charge < -0.3 is 19.5 Å². The molecule has 0 radical (unpaired) electrons. The zero-order valence-electron chi connectivity index (χ0n) is 19.0. The van der Waals surface area contributed by atoms with E-state index in [-0.39, 0.29) is 39.0 Å². The topological polar surface area (TPSA) is 141 Å². The van der Waals surface area contributed by atoms with Crippen molar-refractivity contribution < 1.29 is 28.7 Å². The first-order valence-corrected chi connectivity index (χ1v) is 10.5. The summed E-state index contributed by atoms with van der Waals surface area (Å²) in [5, 5.41) is 23.0. The van der Waals surface area contributed by atoms with Crippen LogP contribution in [0, 0.1) is 21.4 Å². The number of esters is 1. The minimum absolute atomic E-state index is 0.0270. The quantitative estimate of drug-likeness (QED) is 0.112. The average molecular weight is 508 g/mol. The maximum absolute atomic E-state index is 12.7. The number of anilines is 1. The molecule has 0 unspecified atom stereocenters. The van der Waals surface area contributed by atoms with Crippen molar-refractivity contribution in [1.82, 2.24) is 0 Å². The number of nitriles is 1. The van der Waals surface area contributed by atoms with E-state index in [9.17, 15) is 25.0 Å². The number of nitro benzene ring substituents is 1. The fraction of sp³-hybridized carbons (Fsp3) is 0.0800. The van der Waals surface area contributed by atoms with Gasteiger partial charge in [-0.1, -0.05) is 17.7 Å². The van der Waals surface area contributed by atoms with Crippen molar-refractivity contribution >= 4 is 40.9 Å². The summed E-state index contributed by atoms with van der Waals surface area (Å²) in [6.45, 7) is 0. The Labute approximate surface area is 210 Å². The van der Waals surface area contributed by atoms with Crippen molar-refractivity contribution in [3.05, 3.63) is 92.5 Å². The highest BCUT2D eigenvalue weighted by Gasteiger charge is 2.17. The van der Waals surface area contributed by atoms with Crippen molar-refractivity contribution in [3.63, 3.8) is 0 Å². The maximum Gasteiger partial charge on any atom is 0.343 e. The predicted molar refractivity (Wildman–Crippen MR) is 131 cm³/mol. The Bertz CT molecular complexity index is 1400. The van der Waals surface area contributed by atoms with E-state index < -0.39 is 16.8 Å². The first kappa shape index (κ1) is 25.7. The van der Waals surface area contributed by atoms with Crippen LogP contribution >= 0.6 is 11.6 Å². The monoisotopic (exact) mass is 507 g/mol. The molecule has 36 heavy (non-hydrogen) atoms. The number of methoxy groups -OCH3 is 2. The summed E-state index contributed by atoms with van der Waals surface area (Å²) < 4.78 is 15.8. The summed E-state index contributed by atoms with van der Waals surface area (Å²) in [6, 6.07) is 16.1. The summed E-state index contributed by atoms with van der Waals surface area (Å²) in [4.78, 5) is 35.6. The number of halogens is 1. The van der Waals surface area contributed by atoms with Crippen molar-refractivity contribution in [2.45, 2.75) is 0 Å². The van der Waals surface area contributed by atoms with Gasteiger partial charge in [0, 0.05) is 12.1 Å². The number of nitrogens with one attached hydrogen (secondary N) is 1. The molecule has 11 heteroatoms. The largest absolute Gasteiger partial charge is 0.497 e. The van der Waals surface area contributed by atoms with Gasteiger partial charge in [0.25, 0.3) is 11.6 Å². The first-order chi connectivity index (χ1) is 17.2. The van der Waals surface area contributed by atoms with Crippen LogP contribution < -0.4 is 19.5 Å². The van der Waals surface area contributed by atoms with Crippen LogP contribution in [0.3, 0.4) is 0 Å². The standard InChI is InChI=1S/C25H18ClN3O7/c1-34-19-7-4-16(5-8-19)25(31)36-23-12-15(3-10-22(23)35-2)11-17(14-27)24(30)28-21-13-18(29(32)33)6-9-20(21)26/h3-13H,1-2H3,(H,28,30)/b17-11+. The Balaban J connectivity index is 1.85. The molecule has 1 amide bonds. The second kappa shape index (κ2) is 11.5. The zero-order chi connectivity index (χ0) is 26.2. The van der Waals surface area contributed by atoms with Gasteiger partial charge in [-0.3, -0.25) is 14.9 Å². The van der Waals surface area contributed by atoms with Gasteiger partial charge in [0.2, 0.25) is 0 Å². The van der Waals surface area contributed by atoms with Crippen molar-refractivity contribution in [2.24, 2.45) is 0 Å². The number of benzene rings is 3. The number of nitrogens with zero attached hydrogens (tertiary/aromatic N) is 2. The molecule has 0 saturated heterocycles.